The fourth-order valence-corrected chi connectivity index (χ4v) is 3.42. The van der Waals surface area contributed by atoms with Crippen LogP contribution < -0.4 is 0 Å². The zero-order valence-corrected chi connectivity index (χ0v) is 13.7. The molecule has 110 valence electrons. The number of rotatable bonds is 5. The Morgan fingerprint density at radius 2 is 2.00 bits per heavy atom. The number of hydrogen-bond donors (Lipinski definition) is 0. The number of carbonyl (C=O) groups is 2. The van der Waals surface area contributed by atoms with Gasteiger partial charge in [-0.2, -0.15) is 0 Å². The predicted molar refractivity (Wildman–Crippen MR) is 88.4 cm³/mol. The second-order valence-corrected chi connectivity index (χ2v) is 6.39. The van der Waals surface area contributed by atoms with Gasteiger partial charge in [-0.05, 0) is 17.9 Å². The molecule has 0 fully saturated rings. The average molecular weight is 342 g/mol. The van der Waals surface area contributed by atoms with Crippen molar-refractivity contribution in [1.29, 1.82) is 0 Å². The first-order valence-corrected chi connectivity index (χ1v) is 8.05. The second-order valence-electron chi connectivity index (χ2n) is 4.27. The standard InChI is InChI=1S/C15H13Cl2NO2S/c1-3-7-18-14(19)12(13(15(18)20)21-4-2)10-6-5-9(16)8-11(10)17/h3,5-6,8H,1,4,7H2,2H3. The summed E-state index contributed by atoms with van der Waals surface area (Å²) in [5.74, 6) is 0.0400. The van der Waals surface area contributed by atoms with Gasteiger partial charge in [0, 0.05) is 17.1 Å². The van der Waals surface area contributed by atoms with Gasteiger partial charge in [0.1, 0.15) is 0 Å². The van der Waals surface area contributed by atoms with Crippen LogP contribution in [-0.2, 0) is 9.59 Å². The fraction of sp³-hybridized carbons (Fsp3) is 0.200. The highest BCUT2D eigenvalue weighted by Gasteiger charge is 2.38. The molecule has 0 saturated heterocycles. The van der Waals surface area contributed by atoms with E-state index in [1.165, 1.54) is 22.7 Å². The van der Waals surface area contributed by atoms with Crippen molar-refractivity contribution in [3.63, 3.8) is 0 Å². The number of benzene rings is 1. The van der Waals surface area contributed by atoms with Crippen LogP contribution in [0.4, 0.5) is 0 Å². The van der Waals surface area contributed by atoms with Crippen molar-refractivity contribution >= 4 is 52.4 Å². The molecule has 1 aromatic rings. The molecule has 21 heavy (non-hydrogen) atoms. The van der Waals surface area contributed by atoms with E-state index >= 15 is 0 Å². The molecule has 3 nitrogen and oxygen atoms in total. The molecule has 0 radical (unpaired) electrons. The van der Waals surface area contributed by atoms with Crippen LogP contribution in [0.1, 0.15) is 12.5 Å². The maximum absolute atomic E-state index is 12.5. The third kappa shape index (κ3) is 3.03. The molecule has 6 heteroatoms. The molecular weight excluding hydrogens is 329 g/mol. The minimum atomic E-state index is -0.347. The minimum Gasteiger partial charge on any atom is -0.270 e. The van der Waals surface area contributed by atoms with Gasteiger partial charge in [0.25, 0.3) is 11.8 Å². The second kappa shape index (κ2) is 6.69. The van der Waals surface area contributed by atoms with E-state index in [0.717, 1.165) is 0 Å². The number of nitrogens with zero attached hydrogens (tertiary/aromatic N) is 1. The van der Waals surface area contributed by atoms with Crippen molar-refractivity contribution in [3.05, 3.63) is 51.4 Å². The van der Waals surface area contributed by atoms with Gasteiger partial charge in [-0.25, -0.2) is 0 Å². The highest BCUT2D eigenvalue weighted by Crippen LogP contribution is 2.39. The van der Waals surface area contributed by atoms with Crippen LogP contribution in [0.25, 0.3) is 5.57 Å². The summed E-state index contributed by atoms with van der Waals surface area (Å²) in [4.78, 5) is 26.5. The molecule has 0 atom stereocenters. The number of halogens is 2. The fourth-order valence-electron chi connectivity index (χ4n) is 2.06. The number of amides is 2. The summed E-state index contributed by atoms with van der Waals surface area (Å²) in [5, 5.41) is 0.835. The molecule has 1 aromatic carbocycles. The first-order chi connectivity index (χ1) is 10.0. The summed E-state index contributed by atoms with van der Waals surface area (Å²) in [6.45, 7) is 5.68. The number of hydrogen-bond acceptors (Lipinski definition) is 3. The number of imide groups is 1. The third-order valence-corrected chi connectivity index (χ3v) is 4.43. The molecule has 0 aromatic heterocycles. The topological polar surface area (TPSA) is 37.4 Å². The van der Waals surface area contributed by atoms with Crippen molar-refractivity contribution in [2.75, 3.05) is 12.3 Å². The van der Waals surface area contributed by atoms with Gasteiger partial charge in [0.15, 0.2) is 0 Å². The van der Waals surface area contributed by atoms with Gasteiger partial charge in [-0.3, -0.25) is 14.5 Å². The van der Waals surface area contributed by atoms with Crippen LogP contribution in [0.3, 0.4) is 0 Å². The lowest BCUT2D eigenvalue weighted by atomic mass is 10.1. The van der Waals surface area contributed by atoms with E-state index in [4.69, 9.17) is 23.2 Å². The smallest absolute Gasteiger partial charge is 0.268 e. The summed E-state index contributed by atoms with van der Waals surface area (Å²) in [7, 11) is 0. The molecule has 2 rings (SSSR count). The molecular formula is C15H13Cl2NO2S. The molecule has 0 unspecified atom stereocenters. The van der Waals surface area contributed by atoms with Crippen LogP contribution in [0.2, 0.25) is 10.0 Å². The zero-order chi connectivity index (χ0) is 15.6. The normalized spacial score (nSPS) is 15.1. The summed E-state index contributed by atoms with van der Waals surface area (Å²) >= 11 is 13.4. The Morgan fingerprint density at radius 3 is 2.57 bits per heavy atom. The van der Waals surface area contributed by atoms with Crippen LogP contribution in [-0.4, -0.2) is 29.0 Å². The lowest BCUT2D eigenvalue weighted by Gasteiger charge is -2.12. The first kappa shape index (κ1) is 16.1. The van der Waals surface area contributed by atoms with Crippen molar-refractivity contribution in [2.24, 2.45) is 0 Å². The summed E-state index contributed by atoms with van der Waals surface area (Å²) < 4.78 is 0. The molecule has 1 aliphatic heterocycles. The van der Waals surface area contributed by atoms with E-state index in [-0.39, 0.29) is 18.4 Å². The van der Waals surface area contributed by atoms with Crippen molar-refractivity contribution < 1.29 is 9.59 Å². The predicted octanol–water partition coefficient (Wildman–Crippen LogP) is 4.01. The molecule has 1 aliphatic rings. The van der Waals surface area contributed by atoms with Gasteiger partial charge in [-0.15, -0.1) is 18.3 Å². The number of carbonyl (C=O) groups excluding carboxylic acids is 2. The number of thioether (sulfide) groups is 1. The molecule has 0 bridgehead atoms. The van der Waals surface area contributed by atoms with Crippen LogP contribution in [0, 0.1) is 0 Å². The summed E-state index contributed by atoms with van der Waals surface area (Å²) in [6, 6.07) is 4.88. The van der Waals surface area contributed by atoms with Crippen LogP contribution in [0.15, 0.2) is 35.8 Å². The van der Waals surface area contributed by atoms with E-state index in [2.05, 4.69) is 6.58 Å². The Balaban J connectivity index is 2.57. The lowest BCUT2D eigenvalue weighted by Crippen LogP contribution is -2.31. The SMILES string of the molecule is C=CCN1C(=O)C(SCC)=C(c2ccc(Cl)cc2Cl)C1=O. The van der Waals surface area contributed by atoms with Gasteiger partial charge in [-0.1, -0.05) is 42.3 Å². The quantitative estimate of drug-likeness (QED) is 0.599. The van der Waals surface area contributed by atoms with Crippen LogP contribution in [0.5, 0.6) is 0 Å². The average Bonchev–Trinajstić information content (AvgIpc) is 2.65. The van der Waals surface area contributed by atoms with E-state index in [9.17, 15) is 9.59 Å². The van der Waals surface area contributed by atoms with E-state index in [0.29, 0.717) is 31.8 Å². The van der Waals surface area contributed by atoms with E-state index in [1.54, 1.807) is 18.2 Å². The van der Waals surface area contributed by atoms with Gasteiger partial charge >= 0.3 is 0 Å². The minimum absolute atomic E-state index is 0.181. The van der Waals surface area contributed by atoms with E-state index in [1.807, 2.05) is 6.92 Å². The largest absolute Gasteiger partial charge is 0.270 e. The van der Waals surface area contributed by atoms with Gasteiger partial charge in [0.05, 0.1) is 15.5 Å². The lowest BCUT2D eigenvalue weighted by molar-refractivity contribution is -0.135. The molecule has 0 aliphatic carbocycles. The molecule has 2 amide bonds. The van der Waals surface area contributed by atoms with Crippen molar-refractivity contribution in [1.82, 2.24) is 4.90 Å². The highest BCUT2D eigenvalue weighted by molar-refractivity contribution is 8.04. The molecule has 0 spiro atoms. The third-order valence-electron chi connectivity index (χ3n) is 2.93. The molecule has 1 heterocycles. The first-order valence-electron chi connectivity index (χ1n) is 6.30. The summed E-state index contributed by atoms with van der Waals surface area (Å²) in [5.41, 5.74) is 0.872. The maximum Gasteiger partial charge on any atom is 0.268 e. The Morgan fingerprint density at radius 1 is 1.29 bits per heavy atom. The summed E-state index contributed by atoms with van der Waals surface area (Å²) in [6.07, 6.45) is 1.52. The zero-order valence-electron chi connectivity index (χ0n) is 11.4. The Bertz CT molecular complexity index is 655. The highest BCUT2D eigenvalue weighted by atomic mass is 35.5. The monoisotopic (exact) mass is 341 g/mol. The Hall–Kier alpha value is -1.23. The molecule has 0 saturated carbocycles. The Kier molecular flexibility index (Phi) is 5.14. The van der Waals surface area contributed by atoms with Crippen molar-refractivity contribution in [2.45, 2.75) is 6.92 Å². The van der Waals surface area contributed by atoms with Crippen molar-refractivity contribution in [3.8, 4) is 0 Å². The van der Waals surface area contributed by atoms with E-state index < -0.39 is 0 Å². The maximum atomic E-state index is 12.5. The van der Waals surface area contributed by atoms with Gasteiger partial charge < -0.3 is 0 Å². The van der Waals surface area contributed by atoms with Crippen LogP contribution >= 0.6 is 35.0 Å². The molecule has 0 N–H and O–H groups in total. The van der Waals surface area contributed by atoms with Gasteiger partial charge in [0.2, 0.25) is 0 Å². The Labute approximate surface area is 137 Å².